The first kappa shape index (κ1) is 23.1. The van der Waals surface area contributed by atoms with Gasteiger partial charge in [0.15, 0.2) is 11.5 Å². The molecule has 0 aliphatic rings. The van der Waals surface area contributed by atoms with Gasteiger partial charge in [0.25, 0.3) is 0 Å². The Hall–Kier alpha value is -1.93. The van der Waals surface area contributed by atoms with Crippen LogP contribution >= 0.6 is 0 Å². The second-order valence-electron chi connectivity index (χ2n) is 5.47. The molecule has 0 aliphatic carbocycles. The summed E-state index contributed by atoms with van der Waals surface area (Å²) in [5, 5.41) is 10.9. The monoisotopic (exact) mass is 385 g/mol. The van der Waals surface area contributed by atoms with Gasteiger partial charge in [-0.05, 0) is 41.8 Å². The molecule has 27 heavy (non-hydrogen) atoms. The molecule has 2 aromatic rings. The molecule has 2 aromatic carbocycles. The average Bonchev–Trinajstić information content (AvgIpc) is 2.62. The van der Waals surface area contributed by atoms with Crippen LogP contribution in [0.2, 0.25) is 0 Å². The maximum Gasteiger partial charge on any atom is 1.00 e. The SMILES string of the molecule is COc1ccc(C(=CCC(N)C(=O)[O-])c2ccc(F)cc2F)cc1OC.[Na+]. The van der Waals surface area contributed by atoms with Crippen molar-refractivity contribution in [2.45, 2.75) is 12.5 Å². The zero-order valence-electron chi connectivity index (χ0n) is 15.3. The molecule has 2 rings (SSSR count). The van der Waals surface area contributed by atoms with E-state index in [0.717, 1.165) is 12.1 Å². The van der Waals surface area contributed by atoms with Gasteiger partial charge >= 0.3 is 29.6 Å². The zero-order chi connectivity index (χ0) is 19.3. The Morgan fingerprint density at radius 2 is 1.81 bits per heavy atom. The van der Waals surface area contributed by atoms with E-state index in [4.69, 9.17) is 15.2 Å². The minimum Gasteiger partial charge on any atom is -0.548 e. The predicted molar refractivity (Wildman–Crippen MR) is 90.6 cm³/mol. The Labute approximate surface area is 178 Å². The number of hydrogen-bond donors (Lipinski definition) is 1. The summed E-state index contributed by atoms with van der Waals surface area (Å²) in [5.41, 5.74) is 6.45. The van der Waals surface area contributed by atoms with Gasteiger partial charge in [0, 0.05) is 17.7 Å². The van der Waals surface area contributed by atoms with Crippen LogP contribution in [0.1, 0.15) is 17.5 Å². The molecule has 0 aliphatic heterocycles. The van der Waals surface area contributed by atoms with E-state index in [1.54, 1.807) is 18.2 Å². The summed E-state index contributed by atoms with van der Waals surface area (Å²) < 4.78 is 38.0. The van der Waals surface area contributed by atoms with Crippen LogP contribution in [0.3, 0.4) is 0 Å². The minimum absolute atomic E-state index is 0. The van der Waals surface area contributed by atoms with Crippen molar-refractivity contribution in [3.05, 3.63) is 65.2 Å². The van der Waals surface area contributed by atoms with Gasteiger partial charge in [-0.25, -0.2) is 8.78 Å². The third-order valence-corrected chi connectivity index (χ3v) is 3.79. The van der Waals surface area contributed by atoms with E-state index < -0.39 is 23.6 Å². The Kier molecular flexibility index (Phi) is 8.92. The first-order valence-corrected chi connectivity index (χ1v) is 7.71. The maximum atomic E-state index is 14.3. The van der Waals surface area contributed by atoms with Crippen molar-refractivity contribution in [2.75, 3.05) is 14.2 Å². The van der Waals surface area contributed by atoms with Gasteiger partial charge in [-0.3, -0.25) is 0 Å². The van der Waals surface area contributed by atoms with Crippen LogP contribution in [0, 0.1) is 11.6 Å². The van der Waals surface area contributed by atoms with Crippen molar-refractivity contribution in [1.29, 1.82) is 0 Å². The second-order valence-corrected chi connectivity index (χ2v) is 5.47. The number of ether oxygens (including phenoxy) is 2. The molecule has 0 saturated heterocycles. The minimum atomic E-state index is -1.42. The zero-order valence-corrected chi connectivity index (χ0v) is 17.3. The van der Waals surface area contributed by atoms with Crippen LogP contribution in [0.25, 0.3) is 5.57 Å². The molecule has 2 N–H and O–H groups in total. The van der Waals surface area contributed by atoms with E-state index in [1.807, 2.05) is 0 Å². The smallest absolute Gasteiger partial charge is 0.548 e. The van der Waals surface area contributed by atoms with E-state index in [2.05, 4.69) is 0 Å². The van der Waals surface area contributed by atoms with E-state index in [9.17, 15) is 18.7 Å². The molecule has 0 fully saturated rings. The molecule has 0 bridgehead atoms. The fourth-order valence-electron chi connectivity index (χ4n) is 2.44. The summed E-state index contributed by atoms with van der Waals surface area (Å²) in [6, 6.07) is 6.78. The topological polar surface area (TPSA) is 84.6 Å². The van der Waals surface area contributed by atoms with E-state index >= 15 is 0 Å². The fraction of sp³-hybridized carbons (Fsp3) is 0.211. The molecule has 0 radical (unpaired) electrons. The number of hydrogen-bond acceptors (Lipinski definition) is 5. The van der Waals surface area contributed by atoms with E-state index in [0.29, 0.717) is 22.6 Å². The summed E-state index contributed by atoms with van der Waals surface area (Å²) in [6.45, 7) is 0. The summed E-state index contributed by atoms with van der Waals surface area (Å²) >= 11 is 0. The van der Waals surface area contributed by atoms with Crippen molar-refractivity contribution < 1.29 is 57.7 Å². The van der Waals surface area contributed by atoms with Crippen LogP contribution in [-0.2, 0) is 4.79 Å². The molecular weight excluding hydrogens is 367 g/mol. The van der Waals surface area contributed by atoms with Gasteiger partial charge in [-0.1, -0.05) is 12.1 Å². The molecular formula is C19H18F2NNaO4. The number of aliphatic carboxylic acids is 1. The molecule has 1 atom stereocenters. The van der Waals surface area contributed by atoms with Gasteiger partial charge in [0.1, 0.15) is 11.6 Å². The second kappa shape index (κ2) is 10.4. The number of methoxy groups -OCH3 is 2. The third-order valence-electron chi connectivity index (χ3n) is 3.79. The molecule has 8 heteroatoms. The number of benzene rings is 2. The summed E-state index contributed by atoms with van der Waals surface area (Å²) in [4.78, 5) is 10.9. The van der Waals surface area contributed by atoms with Gasteiger partial charge in [-0.15, -0.1) is 0 Å². The maximum absolute atomic E-state index is 14.3. The van der Waals surface area contributed by atoms with Crippen molar-refractivity contribution in [3.63, 3.8) is 0 Å². The molecule has 138 valence electrons. The van der Waals surface area contributed by atoms with Gasteiger partial charge in [0.05, 0.1) is 20.2 Å². The normalized spacial score (nSPS) is 12.1. The molecule has 0 aromatic heterocycles. The van der Waals surface area contributed by atoms with Crippen LogP contribution in [0.15, 0.2) is 42.5 Å². The molecule has 0 saturated carbocycles. The molecule has 0 heterocycles. The van der Waals surface area contributed by atoms with Gasteiger partial charge in [-0.2, -0.15) is 0 Å². The largest absolute Gasteiger partial charge is 1.00 e. The number of rotatable bonds is 7. The molecule has 1 unspecified atom stereocenters. The van der Waals surface area contributed by atoms with Crippen molar-refractivity contribution in [3.8, 4) is 11.5 Å². The van der Waals surface area contributed by atoms with E-state index in [1.165, 1.54) is 26.4 Å². The number of carbonyl (C=O) groups excluding carboxylic acids is 1. The summed E-state index contributed by atoms with van der Waals surface area (Å²) in [6.07, 6.45) is 1.38. The average molecular weight is 385 g/mol. The Balaban J connectivity index is 0.00000364. The van der Waals surface area contributed by atoms with Crippen molar-refractivity contribution in [1.82, 2.24) is 0 Å². The first-order valence-electron chi connectivity index (χ1n) is 7.71. The van der Waals surface area contributed by atoms with Crippen molar-refractivity contribution in [2.24, 2.45) is 5.73 Å². The predicted octanol–water partition coefficient (Wildman–Crippen LogP) is -1.11. The summed E-state index contributed by atoms with van der Waals surface area (Å²) in [7, 11) is 2.93. The number of carbonyl (C=O) groups is 1. The molecule has 0 amide bonds. The van der Waals surface area contributed by atoms with Gasteiger partial charge in [0.2, 0.25) is 0 Å². The van der Waals surface area contributed by atoms with Crippen LogP contribution in [-0.4, -0.2) is 26.2 Å². The third kappa shape index (κ3) is 5.77. The number of carboxylic acid groups (broad SMARTS) is 1. The Bertz CT molecular complexity index is 842. The standard InChI is InChI=1S/C19H19F2NO4.Na/c1-25-17-8-3-11(9-18(17)26-2)13(6-7-16(22)19(23)24)14-5-4-12(20)10-15(14)21;/h3-6,8-10,16H,7,22H2,1-2H3,(H,23,24);/q;+1/p-1. The number of halogens is 2. The van der Waals surface area contributed by atoms with Crippen LogP contribution in [0.5, 0.6) is 11.5 Å². The first-order chi connectivity index (χ1) is 12.4. The van der Waals surface area contributed by atoms with Crippen LogP contribution < -0.4 is 49.9 Å². The fourth-order valence-corrected chi connectivity index (χ4v) is 2.44. The quantitative estimate of drug-likeness (QED) is 0.611. The number of carboxylic acids is 1. The molecule has 0 spiro atoms. The molecule has 5 nitrogen and oxygen atoms in total. The Morgan fingerprint density at radius 1 is 1.15 bits per heavy atom. The van der Waals surface area contributed by atoms with Crippen molar-refractivity contribution >= 4 is 11.5 Å². The van der Waals surface area contributed by atoms with E-state index in [-0.39, 0.29) is 41.5 Å². The summed E-state index contributed by atoms with van der Waals surface area (Å²) in [5.74, 6) is -2.05. The number of nitrogens with two attached hydrogens (primary N) is 1. The Morgan fingerprint density at radius 3 is 2.37 bits per heavy atom. The van der Waals surface area contributed by atoms with Crippen LogP contribution in [0.4, 0.5) is 8.78 Å². The van der Waals surface area contributed by atoms with Gasteiger partial charge < -0.3 is 25.1 Å².